The Bertz CT molecular complexity index is 404. The number of hydrogen-bond donors (Lipinski definition) is 1. The van der Waals surface area contributed by atoms with Gasteiger partial charge in [-0.2, -0.15) is 0 Å². The largest absolute Gasteiger partial charge is 0.478 e. The molecule has 1 aromatic rings. The van der Waals surface area contributed by atoms with Crippen LogP contribution >= 0.6 is 0 Å². The highest BCUT2D eigenvalue weighted by molar-refractivity contribution is 5.85. The molecule has 0 aliphatic carbocycles. The zero-order chi connectivity index (χ0) is 12.0. The second-order valence-corrected chi connectivity index (χ2v) is 3.17. The molecule has 16 heavy (non-hydrogen) atoms. The molecule has 0 spiro atoms. The summed E-state index contributed by atoms with van der Waals surface area (Å²) in [5.41, 5.74) is 1.61. The van der Waals surface area contributed by atoms with Crippen LogP contribution in [0.1, 0.15) is 11.1 Å². The van der Waals surface area contributed by atoms with Gasteiger partial charge in [-0.1, -0.05) is 24.3 Å². The maximum absolute atomic E-state index is 11.0. The van der Waals surface area contributed by atoms with E-state index >= 15 is 0 Å². The predicted molar refractivity (Wildman–Crippen MR) is 58.8 cm³/mol. The van der Waals surface area contributed by atoms with Gasteiger partial charge in [-0.15, -0.1) is 0 Å². The van der Waals surface area contributed by atoms with Gasteiger partial charge < -0.3 is 9.84 Å². The molecule has 0 amide bonds. The molecule has 84 valence electrons. The summed E-state index contributed by atoms with van der Waals surface area (Å²) in [4.78, 5) is 21.2. The van der Waals surface area contributed by atoms with Crippen LogP contribution in [0.15, 0.2) is 30.3 Å². The highest BCUT2D eigenvalue weighted by Crippen LogP contribution is 2.07. The smallest absolute Gasteiger partial charge is 0.328 e. The van der Waals surface area contributed by atoms with Gasteiger partial charge in [0.1, 0.15) is 0 Å². The fourth-order valence-corrected chi connectivity index (χ4v) is 1.15. The number of ether oxygens (including phenoxy) is 1. The fourth-order valence-electron chi connectivity index (χ4n) is 1.15. The first kappa shape index (κ1) is 12.0. The molecular weight excluding hydrogens is 208 g/mol. The van der Waals surface area contributed by atoms with Crippen molar-refractivity contribution in [3.05, 3.63) is 41.5 Å². The van der Waals surface area contributed by atoms with Gasteiger partial charge in [-0.25, -0.2) is 4.79 Å². The summed E-state index contributed by atoms with van der Waals surface area (Å²) < 4.78 is 4.53. The number of carboxylic acid groups (broad SMARTS) is 1. The summed E-state index contributed by atoms with van der Waals surface area (Å²) in [5, 5.41) is 8.43. The van der Waals surface area contributed by atoms with E-state index < -0.39 is 5.97 Å². The Labute approximate surface area is 93.2 Å². The standard InChI is InChI=1S/C12H12O4/c1-16-12(15)8-10-4-2-9(3-5-10)6-7-11(13)14/h2-7H,8H2,1H3,(H,13,14). The lowest BCUT2D eigenvalue weighted by molar-refractivity contribution is -0.139. The van der Waals surface area contributed by atoms with Crippen LogP contribution in [-0.2, 0) is 20.7 Å². The van der Waals surface area contributed by atoms with Crippen LogP contribution in [0.2, 0.25) is 0 Å². The molecule has 0 saturated heterocycles. The van der Waals surface area contributed by atoms with Crippen molar-refractivity contribution in [1.82, 2.24) is 0 Å². The van der Waals surface area contributed by atoms with E-state index in [0.29, 0.717) is 0 Å². The second kappa shape index (κ2) is 5.70. The molecule has 1 rings (SSSR count). The van der Waals surface area contributed by atoms with Crippen molar-refractivity contribution in [2.75, 3.05) is 7.11 Å². The van der Waals surface area contributed by atoms with Gasteiger partial charge in [0, 0.05) is 6.08 Å². The summed E-state index contributed by atoms with van der Waals surface area (Å²) >= 11 is 0. The van der Waals surface area contributed by atoms with E-state index in [4.69, 9.17) is 5.11 Å². The monoisotopic (exact) mass is 220 g/mol. The van der Waals surface area contributed by atoms with Crippen LogP contribution in [0.5, 0.6) is 0 Å². The lowest BCUT2D eigenvalue weighted by atomic mass is 10.1. The molecule has 0 fully saturated rings. The van der Waals surface area contributed by atoms with Crippen LogP contribution in [0.3, 0.4) is 0 Å². The maximum Gasteiger partial charge on any atom is 0.328 e. The third-order valence-electron chi connectivity index (χ3n) is 1.97. The number of esters is 1. The molecule has 0 aliphatic heterocycles. The quantitative estimate of drug-likeness (QED) is 0.617. The zero-order valence-corrected chi connectivity index (χ0v) is 8.84. The number of hydrogen-bond acceptors (Lipinski definition) is 3. The minimum absolute atomic E-state index is 0.222. The van der Waals surface area contributed by atoms with E-state index in [-0.39, 0.29) is 12.4 Å². The van der Waals surface area contributed by atoms with E-state index in [9.17, 15) is 9.59 Å². The Morgan fingerprint density at radius 2 is 1.94 bits per heavy atom. The summed E-state index contributed by atoms with van der Waals surface area (Å²) in [6.07, 6.45) is 2.78. The SMILES string of the molecule is COC(=O)Cc1ccc(C=CC(=O)O)cc1. The van der Waals surface area contributed by atoms with Crippen LogP contribution in [0.25, 0.3) is 6.08 Å². The topological polar surface area (TPSA) is 63.6 Å². The molecule has 0 aromatic heterocycles. The van der Waals surface area contributed by atoms with Crippen molar-refractivity contribution < 1.29 is 19.4 Å². The van der Waals surface area contributed by atoms with Crippen molar-refractivity contribution in [3.63, 3.8) is 0 Å². The van der Waals surface area contributed by atoms with Gasteiger partial charge in [0.25, 0.3) is 0 Å². The minimum Gasteiger partial charge on any atom is -0.478 e. The van der Waals surface area contributed by atoms with E-state index in [1.807, 2.05) is 0 Å². The molecular formula is C12H12O4. The van der Waals surface area contributed by atoms with Crippen LogP contribution in [0.4, 0.5) is 0 Å². The van der Waals surface area contributed by atoms with Gasteiger partial charge in [0.2, 0.25) is 0 Å². The maximum atomic E-state index is 11.0. The van der Waals surface area contributed by atoms with E-state index in [1.54, 1.807) is 24.3 Å². The highest BCUT2D eigenvalue weighted by Gasteiger charge is 2.01. The zero-order valence-electron chi connectivity index (χ0n) is 8.84. The molecule has 1 N–H and O–H groups in total. The van der Waals surface area contributed by atoms with E-state index in [1.165, 1.54) is 13.2 Å². The second-order valence-electron chi connectivity index (χ2n) is 3.17. The van der Waals surface area contributed by atoms with Gasteiger partial charge in [0.15, 0.2) is 0 Å². The van der Waals surface area contributed by atoms with Gasteiger partial charge in [-0.05, 0) is 17.2 Å². The van der Waals surface area contributed by atoms with Crippen LogP contribution < -0.4 is 0 Å². The fraction of sp³-hybridized carbons (Fsp3) is 0.167. The summed E-state index contributed by atoms with van der Waals surface area (Å²) in [7, 11) is 1.34. The average Bonchev–Trinajstić information content (AvgIpc) is 2.28. The Balaban J connectivity index is 2.68. The van der Waals surface area contributed by atoms with Gasteiger partial charge in [-0.3, -0.25) is 4.79 Å². The Morgan fingerprint density at radius 1 is 1.31 bits per heavy atom. The summed E-state index contributed by atoms with van der Waals surface area (Å²) in [6.45, 7) is 0. The average molecular weight is 220 g/mol. The number of rotatable bonds is 4. The lowest BCUT2D eigenvalue weighted by Crippen LogP contribution is -2.04. The molecule has 0 saturated carbocycles. The lowest BCUT2D eigenvalue weighted by Gasteiger charge is -2.00. The predicted octanol–water partition coefficient (Wildman–Crippen LogP) is 1.50. The first-order valence-electron chi connectivity index (χ1n) is 4.68. The number of benzene rings is 1. The molecule has 1 aromatic carbocycles. The number of carboxylic acids is 1. The molecule has 0 aliphatic rings. The van der Waals surface area contributed by atoms with Crippen LogP contribution in [-0.4, -0.2) is 24.2 Å². The van der Waals surface area contributed by atoms with Crippen molar-refractivity contribution >= 4 is 18.0 Å². The third kappa shape index (κ3) is 3.96. The van der Waals surface area contributed by atoms with Gasteiger partial charge in [0.05, 0.1) is 13.5 Å². The molecule has 0 bridgehead atoms. The van der Waals surface area contributed by atoms with Crippen molar-refractivity contribution in [3.8, 4) is 0 Å². The minimum atomic E-state index is -0.987. The van der Waals surface area contributed by atoms with E-state index in [2.05, 4.69) is 4.74 Å². The molecule has 0 radical (unpaired) electrons. The first-order valence-corrected chi connectivity index (χ1v) is 4.68. The molecule has 0 unspecified atom stereocenters. The van der Waals surface area contributed by atoms with E-state index in [0.717, 1.165) is 17.2 Å². The third-order valence-corrected chi connectivity index (χ3v) is 1.97. The first-order chi connectivity index (χ1) is 7.61. The van der Waals surface area contributed by atoms with Crippen molar-refractivity contribution in [2.45, 2.75) is 6.42 Å². The summed E-state index contributed by atoms with van der Waals surface area (Å²) in [5.74, 6) is -1.28. The normalized spacial score (nSPS) is 10.3. The van der Waals surface area contributed by atoms with Crippen LogP contribution in [0, 0.1) is 0 Å². The highest BCUT2D eigenvalue weighted by atomic mass is 16.5. The van der Waals surface area contributed by atoms with Crippen molar-refractivity contribution in [1.29, 1.82) is 0 Å². The molecule has 0 heterocycles. The number of aliphatic carboxylic acids is 1. The molecule has 4 nitrogen and oxygen atoms in total. The Morgan fingerprint density at radius 3 is 2.44 bits per heavy atom. The molecule has 0 atom stereocenters. The Kier molecular flexibility index (Phi) is 4.27. The van der Waals surface area contributed by atoms with Crippen molar-refractivity contribution in [2.24, 2.45) is 0 Å². The molecule has 4 heteroatoms. The summed E-state index contributed by atoms with van der Waals surface area (Å²) in [6, 6.07) is 7.02. The Hall–Kier alpha value is -2.10. The number of carbonyl (C=O) groups excluding carboxylic acids is 1. The number of methoxy groups -OCH3 is 1. The number of carbonyl (C=O) groups is 2. The van der Waals surface area contributed by atoms with Gasteiger partial charge >= 0.3 is 11.9 Å².